The molecule has 7 nitrogen and oxygen atoms in total. The summed E-state index contributed by atoms with van der Waals surface area (Å²) in [5.41, 5.74) is 2.10. The van der Waals surface area contributed by atoms with E-state index in [1.807, 2.05) is 12.1 Å². The molecule has 0 unspecified atom stereocenters. The van der Waals surface area contributed by atoms with Crippen molar-refractivity contribution in [1.29, 1.82) is 0 Å². The Balaban J connectivity index is 1.38. The lowest BCUT2D eigenvalue weighted by atomic mass is 10.2. The number of benzene rings is 1. The van der Waals surface area contributed by atoms with Gasteiger partial charge in [0.05, 0.1) is 5.75 Å². The highest BCUT2D eigenvalue weighted by Crippen LogP contribution is 2.39. The van der Waals surface area contributed by atoms with E-state index in [2.05, 4.69) is 51.3 Å². The standard InChI is InChI=1S/C18H21N5O2S/c1-3-23(4-2)14-9-7-13(8-10-14)17-21-22-18(25-17)26-11-15-19-20-16(24-15)12-5-6-12/h7-10,12H,3-6,11H2,1-2H3. The van der Waals surface area contributed by atoms with Gasteiger partial charge in [-0.15, -0.1) is 20.4 Å². The molecule has 1 aliphatic carbocycles. The van der Waals surface area contributed by atoms with E-state index in [9.17, 15) is 0 Å². The third kappa shape index (κ3) is 3.75. The third-order valence-corrected chi connectivity index (χ3v) is 5.18. The number of nitrogens with zero attached hydrogens (tertiary/aromatic N) is 5. The molecule has 0 N–H and O–H groups in total. The van der Waals surface area contributed by atoms with E-state index in [4.69, 9.17) is 8.83 Å². The van der Waals surface area contributed by atoms with Crippen LogP contribution in [-0.4, -0.2) is 33.5 Å². The molecule has 0 bridgehead atoms. The molecular formula is C18H21N5O2S. The molecule has 1 fully saturated rings. The van der Waals surface area contributed by atoms with Gasteiger partial charge in [0, 0.05) is 30.3 Å². The van der Waals surface area contributed by atoms with Crippen LogP contribution in [0.25, 0.3) is 11.5 Å². The lowest BCUT2D eigenvalue weighted by Crippen LogP contribution is -2.21. The van der Waals surface area contributed by atoms with E-state index in [0.29, 0.717) is 28.7 Å². The van der Waals surface area contributed by atoms with Crippen molar-refractivity contribution in [1.82, 2.24) is 20.4 Å². The second-order valence-corrected chi connectivity index (χ2v) is 7.12. The highest BCUT2D eigenvalue weighted by atomic mass is 32.2. The third-order valence-electron chi connectivity index (χ3n) is 4.38. The zero-order chi connectivity index (χ0) is 17.9. The Morgan fingerprint density at radius 2 is 1.77 bits per heavy atom. The highest BCUT2D eigenvalue weighted by Gasteiger charge is 2.29. The van der Waals surface area contributed by atoms with E-state index < -0.39 is 0 Å². The molecule has 4 rings (SSSR count). The predicted octanol–water partition coefficient (Wildman–Crippen LogP) is 4.14. The summed E-state index contributed by atoms with van der Waals surface area (Å²) in [5, 5.41) is 16.9. The van der Waals surface area contributed by atoms with Gasteiger partial charge in [0.15, 0.2) is 0 Å². The lowest BCUT2D eigenvalue weighted by molar-refractivity contribution is 0.457. The molecule has 0 amide bonds. The van der Waals surface area contributed by atoms with Gasteiger partial charge in [-0.25, -0.2) is 0 Å². The molecule has 8 heteroatoms. The Hall–Kier alpha value is -2.35. The molecule has 0 spiro atoms. The molecule has 2 aromatic heterocycles. The molecule has 1 aliphatic rings. The lowest BCUT2D eigenvalue weighted by Gasteiger charge is -2.20. The van der Waals surface area contributed by atoms with Crippen LogP contribution >= 0.6 is 11.8 Å². The van der Waals surface area contributed by atoms with Crippen molar-refractivity contribution >= 4 is 17.4 Å². The van der Waals surface area contributed by atoms with Gasteiger partial charge in [0.1, 0.15) is 0 Å². The Bertz CT molecular complexity index is 853. The number of hydrogen-bond donors (Lipinski definition) is 0. The van der Waals surface area contributed by atoms with Crippen LogP contribution in [0.1, 0.15) is 44.4 Å². The minimum atomic E-state index is 0.468. The molecule has 26 heavy (non-hydrogen) atoms. The Morgan fingerprint density at radius 3 is 2.46 bits per heavy atom. The molecule has 0 aliphatic heterocycles. The Labute approximate surface area is 156 Å². The summed E-state index contributed by atoms with van der Waals surface area (Å²) in [6, 6.07) is 8.18. The SMILES string of the molecule is CCN(CC)c1ccc(-c2nnc(SCc3nnc(C4CC4)o3)o2)cc1. The van der Waals surface area contributed by atoms with Crippen molar-refractivity contribution in [2.24, 2.45) is 0 Å². The van der Waals surface area contributed by atoms with Crippen LogP contribution in [0.15, 0.2) is 38.3 Å². The average molecular weight is 371 g/mol. The fourth-order valence-electron chi connectivity index (χ4n) is 2.73. The number of hydrogen-bond acceptors (Lipinski definition) is 8. The molecular weight excluding hydrogens is 350 g/mol. The second-order valence-electron chi connectivity index (χ2n) is 6.19. The molecule has 2 heterocycles. The summed E-state index contributed by atoms with van der Waals surface area (Å²) in [6.07, 6.45) is 2.30. The Morgan fingerprint density at radius 1 is 1.00 bits per heavy atom. The summed E-state index contributed by atoms with van der Waals surface area (Å²) in [4.78, 5) is 2.29. The first-order chi connectivity index (χ1) is 12.8. The van der Waals surface area contributed by atoms with Crippen LogP contribution in [0.4, 0.5) is 5.69 Å². The summed E-state index contributed by atoms with van der Waals surface area (Å²) >= 11 is 1.41. The Kier molecular flexibility index (Phi) is 4.92. The summed E-state index contributed by atoms with van der Waals surface area (Å²) in [5.74, 6) is 2.86. The van der Waals surface area contributed by atoms with E-state index in [1.54, 1.807) is 0 Å². The molecule has 1 saturated carbocycles. The quantitative estimate of drug-likeness (QED) is 0.547. The molecule has 0 atom stereocenters. The van der Waals surface area contributed by atoms with Crippen LogP contribution < -0.4 is 4.90 Å². The fourth-order valence-corrected chi connectivity index (χ4v) is 3.33. The van der Waals surface area contributed by atoms with Crippen LogP contribution in [0.3, 0.4) is 0 Å². The maximum absolute atomic E-state index is 5.75. The minimum absolute atomic E-state index is 0.468. The fraction of sp³-hybridized carbons (Fsp3) is 0.444. The van der Waals surface area contributed by atoms with Crippen LogP contribution in [0, 0.1) is 0 Å². The monoisotopic (exact) mass is 371 g/mol. The maximum Gasteiger partial charge on any atom is 0.277 e. The van der Waals surface area contributed by atoms with Gasteiger partial charge in [0.2, 0.25) is 17.7 Å². The van der Waals surface area contributed by atoms with Crippen LogP contribution in [0.2, 0.25) is 0 Å². The van der Waals surface area contributed by atoms with E-state index in [1.165, 1.54) is 17.4 Å². The van der Waals surface area contributed by atoms with E-state index >= 15 is 0 Å². The predicted molar refractivity (Wildman–Crippen MR) is 99.1 cm³/mol. The molecule has 0 saturated heterocycles. The topological polar surface area (TPSA) is 81.1 Å². The second kappa shape index (κ2) is 7.49. The van der Waals surface area contributed by atoms with Gasteiger partial charge >= 0.3 is 0 Å². The van der Waals surface area contributed by atoms with Gasteiger partial charge < -0.3 is 13.7 Å². The largest absolute Gasteiger partial charge is 0.424 e. The van der Waals surface area contributed by atoms with Crippen LogP contribution in [-0.2, 0) is 5.75 Å². The summed E-state index contributed by atoms with van der Waals surface area (Å²) < 4.78 is 11.4. The number of aromatic nitrogens is 4. The summed E-state index contributed by atoms with van der Waals surface area (Å²) in [6.45, 7) is 6.26. The van der Waals surface area contributed by atoms with Gasteiger partial charge in [0.25, 0.3) is 5.22 Å². The number of thioether (sulfide) groups is 1. The molecule has 3 aromatic rings. The first kappa shape index (κ1) is 17.1. The first-order valence-electron chi connectivity index (χ1n) is 8.90. The van der Waals surface area contributed by atoms with Gasteiger partial charge in [-0.2, -0.15) is 0 Å². The van der Waals surface area contributed by atoms with E-state index in [-0.39, 0.29) is 0 Å². The molecule has 136 valence electrons. The number of anilines is 1. The average Bonchev–Trinajstić information content (AvgIpc) is 3.23. The van der Waals surface area contributed by atoms with Crippen molar-refractivity contribution < 1.29 is 8.83 Å². The number of rotatable bonds is 8. The van der Waals surface area contributed by atoms with Gasteiger partial charge in [-0.1, -0.05) is 11.8 Å². The first-order valence-corrected chi connectivity index (χ1v) is 9.89. The van der Waals surface area contributed by atoms with Crippen LogP contribution in [0.5, 0.6) is 0 Å². The minimum Gasteiger partial charge on any atom is -0.424 e. The summed E-state index contributed by atoms with van der Waals surface area (Å²) in [7, 11) is 0. The van der Waals surface area contributed by atoms with Gasteiger partial charge in [-0.3, -0.25) is 0 Å². The zero-order valence-corrected chi connectivity index (χ0v) is 15.7. The van der Waals surface area contributed by atoms with Crippen molar-refractivity contribution in [2.45, 2.75) is 43.6 Å². The smallest absolute Gasteiger partial charge is 0.277 e. The molecule has 0 radical (unpaired) electrons. The van der Waals surface area contributed by atoms with Crippen molar-refractivity contribution in [3.05, 3.63) is 36.0 Å². The maximum atomic E-state index is 5.75. The zero-order valence-electron chi connectivity index (χ0n) is 14.9. The van der Waals surface area contributed by atoms with Crippen molar-refractivity contribution in [2.75, 3.05) is 18.0 Å². The molecule has 1 aromatic carbocycles. The van der Waals surface area contributed by atoms with E-state index in [0.717, 1.165) is 37.4 Å². The highest BCUT2D eigenvalue weighted by molar-refractivity contribution is 7.98. The van der Waals surface area contributed by atoms with Gasteiger partial charge in [-0.05, 0) is 51.0 Å². The van der Waals surface area contributed by atoms with Crippen molar-refractivity contribution in [3.8, 4) is 11.5 Å². The normalized spacial score (nSPS) is 13.9. The van der Waals surface area contributed by atoms with Crippen molar-refractivity contribution in [3.63, 3.8) is 0 Å².